The lowest BCUT2D eigenvalue weighted by Crippen LogP contribution is -2.29. The van der Waals surface area contributed by atoms with E-state index < -0.39 is 51.8 Å². The summed E-state index contributed by atoms with van der Waals surface area (Å²) in [6.45, 7) is 2.34. The summed E-state index contributed by atoms with van der Waals surface area (Å²) in [5, 5.41) is 18.3. The maximum atomic E-state index is 12.6. The highest BCUT2D eigenvalue weighted by molar-refractivity contribution is 7.47. The average molecular weight is 761 g/mol. The number of hydrogen-bond acceptors (Lipinski definition) is 9. The van der Waals surface area contributed by atoms with Gasteiger partial charge < -0.3 is 24.6 Å². The van der Waals surface area contributed by atoms with Gasteiger partial charge >= 0.3 is 19.8 Å². The Hall–Kier alpha value is -1.55. The maximum absolute atomic E-state index is 12.6. The number of ether oxygens (including phenoxy) is 2. The van der Waals surface area contributed by atoms with Crippen LogP contribution in [0.3, 0.4) is 0 Å². The van der Waals surface area contributed by atoms with E-state index in [2.05, 4.69) is 42.7 Å². The van der Waals surface area contributed by atoms with Crippen molar-refractivity contribution in [1.29, 1.82) is 0 Å². The lowest BCUT2D eigenvalue weighted by molar-refractivity contribution is -0.161. The Balaban J connectivity index is 4.31. The van der Waals surface area contributed by atoms with E-state index in [4.69, 9.17) is 19.1 Å². The molecule has 0 aliphatic heterocycles. The van der Waals surface area contributed by atoms with Gasteiger partial charge in [-0.3, -0.25) is 18.6 Å². The van der Waals surface area contributed by atoms with Crippen molar-refractivity contribution in [3.8, 4) is 0 Å². The van der Waals surface area contributed by atoms with Gasteiger partial charge in [0.25, 0.3) is 0 Å². The van der Waals surface area contributed by atoms with Gasteiger partial charge in [-0.25, -0.2) is 4.57 Å². The number of carbonyl (C=O) groups excluding carboxylic acids is 2. The standard InChI is InChI=1S/C41H77O10P/c1-3-5-7-9-11-13-15-17-18-19-20-21-23-25-27-29-31-33-41(45)51-39(37-50-52(46,47)49-35-38(43)34-42)36-48-40(44)32-30-28-26-24-22-16-14-12-10-8-6-4-2/h12,14,17-18,38-39,42-43H,3-11,13,15-16,19-37H2,1-2H3,(H,46,47)/b14-12-,18-17-. The van der Waals surface area contributed by atoms with Crippen molar-refractivity contribution in [2.24, 2.45) is 0 Å². The van der Waals surface area contributed by atoms with E-state index >= 15 is 0 Å². The summed E-state index contributed by atoms with van der Waals surface area (Å²) in [4.78, 5) is 34.9. The largest absolute Gasteiger partial charge is 0.472 e. The fourth-order valence-corrected chi connectivity index (χ4v) is 6.36. The highest BCUT2D eigenvalue weighted by Gasteiger charge is 2.27. The van der Waals surface area contributed by atoms with Crippen LogP contribution in [-0.2, 0) is 32.7 Å². The molecule has 3 N–H and O–H groups in total. The van der Waals surface area contributed by atoms with E-state index in [1.807, 2.05) is 0 Å². The van der Waals surface area contributed by atoms with Crippen molar-refractivity contribution < 1.29 is 47.8 Å². The average Bonchev–Trinajstić information content (AvgIpc) is 3.13. The molecule has 52 heavy (non-hydrogen) atoms. The van der Waals surface area contributed by atoms with Crippen molar-refractivity contribution in [3.63, 3.8) is 0 Å². The SMILES string of the molecule is CCCCC/C=C\CCCCCCCC(=O)OCC(COP(=O)(O)OCC(O)CO)OC(=O)CCCCCCCCC/C=C\CCCCCCCC. The van der Waals surface area contributed by atoms with Crippen LogP contribution in [0.5, 0.6) is 0 Å². The molecular formula is C41H77O10P. The van der Waals surface area contributed by atoms with Crippen molar-refractivity contribution in [2.45, 2.75) is 199 Å². The zero-order valence-electron chi connectivity index (χ0n) is 33.0. The van der Waals surface area contributed by atoms with Gasteiger partial charge in [0.1, 0.15) is 12.7 Å². The lowest BCUT2D eigenvalue weighted by Gasteiger charge is -2.20. The summed E-state index contributed by atoms with van der Waals surface area (Å²) in [6, 6.07) is 0. The van der Waals surface area contributed by atoms with Crippen molar-refractivity contribution in [3.05, 3.63) is 24.3 Å². The van der Waals surface area contributed by atoms with E-state index in [0.717, 1.165) is 64.2 Å². The van der Waals surface area contributed by atoms with Gasteiger partial charge in [-0.05, 0) is 64.2 Å². The first-order valence-electron chi connectivity index (χ1n) is 20.8. The first-order chi connectivity index (χ1) is 25.2. The maximum Gasteiger partial charge on any atom is 0.472 e. The number of allylic oxidation sites excluding steroid dienone is 4. The molecule has 0 saturated heterocycles. The normalized spacial score (nSPS) is 14.2. The Bertz CT molecular complexity index is 925. The number of aliphatic hydroxyl groups excluding tert-OH is 2. The highest BCUT2D eigenvalue weighted by Crippen LogP contribution is 2.43. The third-order valence-electron chi connectivity index (χ3n) is 8.83. The van der Waals surface area contributed by atoms with Gasteiger partial charge in [-0.2, -0.15) is 0 Å². The van der Waals surface area contributed by atoms with Gasteiger partial charge in [-0.1, -0.05) is 134 Å². The summed E-state index contributed by atoms with van der Waals surface area (Å²) in [7, 11) is -4.61. The van der Waals surface area contributed by atoms with Crippen molar-refractivity contribution >= 4 is 19.8 Å². The van der Waals surface area contributed by atoms with Crippen LogP contribution in [0.4, 0.5) is 0 Å². The summed E-state index contributed by atoms with van der Waals surface area (Å²) < 4.78 is 32.6. The fraction of sp³-hybridized carbons (Fsp3) is 0.854. The molecule has 0 radical (unpaired) electrons. The second kappa shape index (κ2) is 37.8. The highest BCUT2D eigenvalue weighted by atomic mass is 31.2. The van der Waals surface area contributed by atoms with Crippen molar-refractivity contribution in [2.75, 3.05) is 26.4 Å². The molecule has 306 valence electrons. The number of hydrogen-bond donors (Lipinski definition) is 3. The molecule has 0 aromatic carbocycles. The van der Waals surface area contributed by atoms with Gasteiger partial charge in [0, 0.05) is 12.8 Å². The lowest BCUT2D eigenvalue weighted by atomic mass is 10.1. The molecule has 0 rings (SSSR count). The van der Waals surface area contributed by atoms with Crippen LogP contribution < -0.4 is 0 Å². The molecule has 0 aromatic heterocycles. The molecule has 3 atom stereocenters. The van der Waals surface area contributed by atoms with Crippen molar-refractivity contribution in [1.82, 2.24) is 0 Å². The number of carbonyl (C=O) groups is 2. The predicted molar refractivity (Wildman–Crippen MR) is 210 cm³/mol. The first kappa shape index (κ1) is 50.5. The second-order valence-electron chi connectivity index (χ2n) is 14.0. The first-order valence-corrected chi connectivity index (χ1v) is 22.3. The van der Waals surface area contributed by atoms with Gasteiger partial charge in [0.2, 0.25) is 0 Å². The molecule has 0 spiro atoms. The fourth-order valence-electron chi connectivity index (χ4n) is 5.57. The Morgan fingerprint density at radius 3 is 1.42 bits per heavy atom. The predicted octanol–water partition coefficient (Wildman–Crippen LogP) is 10.6. The second-order valence-corrected chi connectivity index (χ2v) is 15.5. The quantitative estimate of drug-likeness (QED) is 0.0239. The minimum absolute atomic E-state index is 0.179. The zero-order chi connectivity index (χ0) is 38.4. The van der Waals surface area contributed by atoms with E-state index in [-0.39, 0.29) is 19.4 Å². The summed E-state index contributed by atoms with van der Waals surface area (Å²) >= 11 is 0. The molecule has 0 aliphatic carbocycles. The Kier molecular flexibility index (Phi) is 36.6. The molecule has 0 heterocycles. The van der Waals surface area contributed by atoms with Crippen LogP contribution in [0.25, 0.3) is 0 Å². The van der Waals surface area contributed by atoms with E-state index in [1.54, 1.807) is 0 Å². The Morgan fingerprint density at radius 1 is 0.558 bits per heavy atom. The Labute approximate surface area is 317 Å². The summed E-state index contributed by atoms with van der Waals surface area (Å²) in [5.74, 6) is -0.938. The van der Waals surface area contributed by atoms with Crippen LogP contribution in [0.2, 0.25) is 0 Å². The third kappa shape index (κ3) is 36.8. The van der Waals surface area contributed by atoms with Crippen LogP contribution in [0.1, 0.15) is 187 Å². The van der Waals surface area contributed by atoms with Gasteiger partial charge in [0.05, 0.1) is 19.8 Å². The van der Waals surface area contributed by atoms with E-state index in [9.17, 15) is 24.2 Å². The van der Waals surface area contributed by atoms with Crippen LogP contribution in [0.15, 0.2) is 24.3 Å². The number of unbranched alkanes of at least 4 members (excludes halogenated alkanes) is 21. The number of phosphoric acid groups is 1. The molecule has 0 saturated carbocycles. The molecule has 10 nitrogen and oxygen atoms in total. The number of aliphatic hydroxyl groups is 2. The van der Waals surface area contributed by atoms with Crippen LogP contribution in [0, 0.1) is 0 Å². The molecule has 0 fully saturated rings. The smallest absolute Gasteiger partial charge is 0.462 e. The number of phosphoric ester groups is 1. The number of esters is 2. The monoisotopic (exact) mass is 761 g/mol. The molecule has 0 amide bonds. The van der Waals surface area contributed by atoms with Gasteiger partial charge in [0.15, 0.2) is 6.10 Å². The van der Waals surface area contributed by atoms with Gasteiger partial charge in [-0.15, -0.1) is 0 Å². The zero-order valence-corrected chi connectivity index (χ0v) is 33.9. The third-order valence-corrected chi connectivity index (χ3v) is 9.78. The van der Waals surface area contributed by atoms with Crippen LogP contribution in [-0.4, -0.2) is 65.7 Å². The minimum atomic E-state index is -4.61. The molecular weight excluding hydrogens is 683 g/mol. The molecule has 0 bridgehead atoms. The topological polar surface area (TPSA) is 149 Å². The molecule has 0 aliphatic rings. The minimum Gasteiger partial charge on any atom is -0.462 e. The Morgan fingerprint density at radius 2 is 0.942 bits per heavy atom. The number of rotatable bonds is 39. The molecule has 0 aromatic rings. The van der Waals surface area contributed by atoms with E-state index in [0.29, 0.717) is 12.8 Å². The summed E-state index contributed by atoms with van der Waals surface area (Å²) in [6.07, 6.45) is 35.7. The van der Waals surface area contributed by atoms with E-state index in [1.165, 1.54) is 83.5 Å². The van der Waals surface area contributed by atoms with Crippen LogP contribution >= 0.6 is 7.82 Å². The summed E-state index contributed by atoms with van der Waals surface area (Å²) in [5.41, 5.74) is 0. The molecule has 11 heteroatoms. The molecule has 3 unspecified atom stereocenters.